The monoisotopic (exact) mass is 197 g/mol. The lowest BCUT2D eigenvalue weighted by molar-refractivity contribution is -0.391. The minimum Gasteiger partial charge on any atom is -0.349 e. The zero-order valence-electron chi connectivity index (χ0n) is 5.72. The Balaban J connectivity index is 4.85. The number of nitrogens with one attached hydrogen (secondary N) is 1. The first-order valence-corrected chi connectivity index (χ1v) is 2.61. The first-order valence-electron chi connectivity index (χ1n) is 2.61. The number of hydrogen-bond acceptors (Lipinski definition) is 2. The number of aliphatic hydroxyl groups is 1. The quantitative estimate of drug-likeness (QED) is 0.511. The molecule has 0 aliphatic carbocycles. The summed E-state index contributed by atoms with van der Waals surface area (Å²) in [6, 6.07) is -5.06. The van der Waals surface area contributed by atoms with Crippen LogP contribution in [0.4, 0.5) is 26.3 Å². The van der Waals surface area contributed by atoms with Crippen LogP contribution in [0.25, 0.3) is 0 Å². The average Bonchev–Trinajstić information content (AvgIpc) is 1.85. The van der Waals surface area contributed by atoms with Crippen molar-refractivity contribution in [3.8, 4) is 0 Å². The highest BCUT2D eigenvalue weighted by atomic mass is 19.4. The van der Waals surface area contributed by atoms with Gasteiger partial charge in [0.05, 0.1) is 0 Å². The summed E-state index contributed by atoms with van der Waals surface area (Å²) in [5.74, 6) is -5.56. The van der Waals surface area contributed by atoms with Gasteiger partial charge in [0.1, 0.15) is 0 Å². The van der Waals surface area contributed by atoms with Crippen molar-refractivity contribution in [2.75, 3.05) is 7.05 Å². The van der Waals surface area contributed by atoms with E-state index in [0.717, 1.165) is 0 Å². The first kappa shape index (κ1) is 11.5. The highest BCUT2D eigenvalue weighted by Gasteiger charge is 2.70. The molecule has 74 valence electrons. The van der Waals surface area contributed by atoms with Crippen LogP contribution in [-0.4, -0.2) is 30.2 Å². The molecule has 12 heavy (non-hydrogen) atoms. The maximum Gasteiger partial charge on any atom is 0.456 e. The van der Waals surface area contributed by atoms with E-state index in [1.54, 1.807) is 0 Å². The molecule has 1 atom stereocenters. The van der Waals surface area contributed by atoms with Gasteiger partial charge in [0, 0.05) is 0 Å². The highest BCUT2D eigenvalue weighted by Crippen LogP contribution is 2.41. The van der Waals surface area contributed by atoms with Crippen LogP contribution in [0.3, 0.4) is 0 Å². The number of alkyl halides is 6. The normalized spacial score (nSPS) is 19.0. The zero-order chi connectivity index (χ0) is 10.2. The largest absolute Gasteiger partial charge is 0.456 e. The molecular formula is C4H5F6NO. The van der Waals surface area contributed by atoms with E-state index in [-0.39, 0.29) is 0 Å². The first-order chi connectivity index (χ1) is 5.06. The fourth-order valence-corrected chi connectivity index (χ4v) is 0.344. The van der Waals surface area contributed by atoms with Crippen LogP contribution in [0.5, 0.6) is 0 Å². The molecule has 0 aromatic rings. The van der Waals surface area contributed by atoms with Crippen LogP contribution in [0, 0.1) is 0 Å². The predicted molar refractivity (Wildman–Crippen MR) is 26.1 cm³/mol. The lowest BCUT2D eigenvalue weighted by Gasteiger charge is -2.29. The second-order valence-corrected chi connectivity index (χ2v) is 1.94. The predicted octanol–water partition coefficient (Wildman–Crippen LogP) is 1.02. The Bertz CT molecular complexity index is 163. The Hall–Kier alpha value is -0.500. The van der Waals surface area contributed by atoms with Crippen LogP contribution < -0.4 is 5.32 Å². The number of rotatable bonds is 2. The van der Waals surface area contributed by atoms with Gasteiger partial charge in [-0.2, -0.15) is 26.3 Å². The van der Waals surface area contributed by atoms with Gasteiger partial charge in [-0.3, -0.25) is 5.32 Å². The molecular weight excluding hydrogens is 192 g/mol. The Labute approximate surface area is 63.2 Å². The third-order valence-electron chi connectivity index (χ3n) is 1.11. The van der Waals surface area contributed by atoms with Crippen molar-refractivity contribution >= 4 is 0 Å². The molecule has 0 fully saturated rings. The summed E-state index contributed by atoms with van der Waals surface area (Å²) in [7, 11) is 0.385. The molecule has 0 bridgehead atoms. The third-order valence-corrected chi connectivity index (χ3v) is 1.11. The van der Waals surface area contributed by atoms with Crippen molar-refractivity contribution < 1.29 is 31.4 Å². The van der Waals surface area contributed by atoms with E-state index < -0.39 is 18.1 Å². The molecule has 2 nitrogen and oxygen atoms in total. The molecule has 0 radical (unpaired) electrons. The molecule has 0 amide bonds. The van der Waals surface area contributed by atoms with Crippen molar-refractivity contribution in [2.24, 2.45) is 0 Å². The van der Waals surface area contributed by atoms with Crippen molar-refractivity contribution in [3.05, 3.63) is 0 Å². The molecule has 0 saturated carbocycles. The van der Waals surface area contributed by atoms with Crippen LogP contribution in [0.2, 0.25) is 0 Å². The summed E-state index contributed by atoms with van der Waals surface area (Å²) in [6.45, 7) is 0. The van der Waals surface area contributed by atoms with Crippen LogP contribution in [0.1, 0.15) is 0 Å². The van der Waals surface area contributed by atoms with Gasteiger partial charge in [0.25, 0.3) is 0 Å². The lowest BCUT2D eigenvalue weighted by Crippen LogP contribution is -2.61. The fourth-order valence-electron chi connectivity index (χ4n) is 0.344. The minimum absolute atomic E-state index is 0.385. The van der Waals surface area contributed by atoms with E-state index in [1.807, 2.05) is 0 Å². The molecule has 0 spiro atoms. The van der Waals surface area contributed by atoms with E-state index >= 15 is 0 Å². The molecule has 2 N–H and O–H groups in total. The summed E-state index contributed by atoms with van der Waals surface area (Å²) in [4.78, 5) is 0. The Morgan fingerprint density at radius 1 is 1.00 bits per heavy atom. The molecule has 0 heterocycles. The SMILES string of the molecule is CNC(F)(F)C(O)(F)C(F)(F)F. The molecule has 0 aliphatic heterocycles. The second kappa shape index (κ2) is 2.77. The molecule has 0 aromatic carbocycles. The topological polar surface area (TPSA) is 32.3 Å². The lowest BCUT2D eigenvalue weighted by atomic mass is 10.2. The number of halogens is 6. The molecule has 0 saturated heterocycles. The number of hydrogen-bond donors (Lipinski definition) is 2. The average molecular weight is 197 g/mol. The van der Waals surface area contributed by atoms with Gasteiger partial charge in [-0.1, -0.05) is 0 Å². The van der Waals surface area contributed by atoms with Crippen LogP contribution in [-0.2, 0) is 0 Å². The van der Waals surface area contributed by atoms with E-state index in [9.17, 15) is 26.3 Å². The summed E-state index contributed by atoms with van der Waals surface area (Å²) in [5.41, 5.74) is 0. The molecule has 0 aliphatic rings. The van der Waals surface area contributed by atoms with Crippen molar-refractivity contribution in [1.82, 2.24) is 5.32 Å². The van der Waals surface area contributed by atoms with Gasteiger partial charge in [0.15, 0.2) is 0 Å². The summed E-state index contributed by atoms with van der Waals surface area (Å²) >= 11 is 0. The smallest absolute Gasteiger partial charge is 0.349 e. The van der Waals surface area contributed by atoms with E-state index in [1.165, 1.54) is 0 Å². The van der Waals surface area contributed by atoms with Crippen LogP contribution in [0.15, 0.2) is 0 Å². The van der Waals surface area contributed by atoms with E-state index in [2.05, 4.69) is 0 Å². The van der Waals surface area contributed by atoms with Gasteiger partial charge in [-0.15, -0.1) is 0 Å². The van der Waals surface area contributed by atoms with E-state index in [0.29, 0.717) is 12.4 Å². The number of likely N-dealkylation sites (N-methyl/N-ethyl adjacent to an activating group) is 1. The Morgan fingerprint density at radius 3 is 1.42 bits per heavy atom. The van der Waals surface area contributed by atoms with Crippen molar-refractivity contribution in [3.63, 3.8) is 0 Å². The standard InChI is InChI=1S/C4H5F6NO/c1-11-4(9,10)2(5,12)3(6,7)8/h11-12H,1H3. The minimum atomic E-state index is -6.04. The van der Waals surface area contributed by atoms with Gasteiger partial charge < -0.3 is 5.11 Å². The van der Waals surface area contributed by atoms with E-state index in [4.69, 9.17) is 5.11 Å². The zero-order valence-corrected chi connectivity index (χ0v) is 5.72. The molecule has 1 unspecified atom stereocenters. The maximum absolute atomic E-state index is 12.0. The molecule has 8 heteroatoms. The molecule has 0 rings (SSSR count). The van der Waals surface area contributed by atoms with Gasteiger partial charge in [-0.25, -0.2) is 0 Å². The fraction of sp³-hybridized carbons (Fsp3) is 1.00. The van der Waals surface area contributed by atoms with Gasteiger partial charge >= 0.3 is 18.1 Å². The van der Waals surface area contributed by atoms with Gasteiger partial charge in [-0.05, 0) is 7.05 Å². The summed E-state index contributed by atoms with van der Waals surface area (Å²) in [6.07, 6.45) is -6.04. The molecule has 0 aromatic heterocycles. The summed E-state index contributed by atoms with van der Waals surface area (Å²) < 4.78 is 70.0. The van der Waals surface area contributed by atoms with Crippen molar-refractivity contribution in [1.29, 1.82) is 0 Å². The van der Waals surface area contributed by atoms with Crippen molar-refractivity contribution in [2.45, 2.75) is 18.1 Å². The maximum atomic E-state index is 12.0. The Morgan fingerprint density at radius 2 is 1.33 bits per heavy atom. The highest BCUT2D eigenvalue weighted by molar-refractivity contribution is 4.87. The second-order valence-electron chi connectivity index (χ2n) is 1.94. The third kappa shape index (κ3) is 1.63. The Kier molecular flexibility index (Phi) is 2.65. The van der Waals surface area contributed by atoms with Gasteiger partial charge in [0.2, 0.25) is 0 Å². The summed E-state index contributed by atoms with van der Waals surface area (Å²) in [5, 5.41) is 8.48. The van der Waals surface area contributed by atoms with Crippen LogP contribution >= 0.6 is 0 Å².